The van der Waals surface area contributed by atoms with Crippen molar-refractivity contribution in [1.82, 2.24) is 5.32 Å². The van der Waals surface area contributed by atoms with Crippen LogP contribution in [0.1, 0.15) is 32.3 Å². The average molecular weight is 273 g/mol. The van der Waals surface area contributed by atoms with E-state index in [1.165, 1.54) is 0 Å². The number of alkyl halides is 3. The Labute approximate surface area is 111 Å². The molecule has 0 unspecified atom stereocenters. The van der Waals surface area contributed by atoms with Gasteiger partial charge in [0.15, 0.2) is 0 Å². The molecule has 1 aliphatic carbocycles. The molecule has 1 aromatic rings. The molecular formula is C14H18F3NO. The number of hydrogen-bond donors (Lipinski definition) is 1. The van der Waals surface area contributed by atoms with Gasteiger partial charge in [0.05, 0.1) is 6.10 Å². The summed E-state index contributed by atoms with van der Waals surface area (Å²) < 4.78 is 43.8. The first-order valence-corrected chi connectivity index (χ1v) is 6.40. The first-order chi connectivity index (χ1) is 8.82. The van der Waals surface area contributed by atoms with E-state index in [0.717, 1.165) is 5.56 Å². The fraction of sp³-hybridized carbons (Fsp3) is 0.571. The minimum absolute atomic E-state index is 0.0492. The maximum absolute atomic E-state index is 12.8. The van der Waals surface area contributed by atoms with Gasteiger partial charge in [-0.05, 0) is 44.4 Å². The highest BCUT2D eigenvalue weighted by atomic mass is 19.4. The third-order valence-corrected chi connectivity index (χ3v) is 3.19. The predicted molar refractivity (Wildman–Crippen MR) is 67.1 cm³/mol. The van der Waals surface area contributed by atoms with E-state index in [0.29, 0.717) is 5.75 Å². The van der Waals surface area contributed by atoms with Crippen LogP contribution in [0.25, 0.3) is 0 Å². The first kappa shape index (κ1) is 14.2. The van der Waals surface area contributed by atoms with Crippen LogP contribution in [0.4, 0.5) is 13.2 Å². The first-order valence-electron chi connectivity index (χ1n) is 6.40. The van der Waals surface area contributed by atoms with Gasteiger partial charge in [0.1, 0.15) is 11.3 Å². The van der Waals surface area contributed by atoms with Crippen LogP contribution >= 0.6 is 0 Å². The van der Waals surface area contributed by atoms with Crippen molar-refractivity contribution in [3.05, 3.63) is 29.8 Å². The van der Waals surface area contributed by atoms with Gasteiger partial charge in [-0.2, -0.15) is 13.2 Å². The second-order valence-corrected chi connectivity index (χ2v) is 5.25. The molecule has 0 amide bonds. The zero-order valence-electron chi connectivity index (χ0n) is 11.1. The molecule has 0 bridgehead atoms. The van der Waals surface area contributed by atoms with Crippen molar-refractivity contribution < 1.29 is 17.9 Å². The van der Waals surface area contributed by atoms with Crippen LogP contribution in [-0.4, -0.2) is 17.8 Å². The van der Waals surface area contributed by atoms with Crippen LogP contribution in [-0.2, 0) is 6.54 Å². The van der Waals surface area contributed by atoms with Gasteiger partial charge in [-0.15, -0.1) is 0 Å². The highest BCUT2D eigenvalue weighted by molar-refractivity contribution is 5.29. The van der Waals surface area contributed by atoms with Crippen molar-refractivity contribution in [3.8, 4) is 5.75 Å². The molecule has 2 rings (SSSR count). The smallest absolute Gasteiger partial charge is 0.406 e. The number of rotatable bonds is 5. The molecule has 19 heavy (non-hydrogen) atoms. The van der Waals surface area contributed by atoms with Crippen molar-refractivity contribution in [2.75, 3.05) is 0 Å². The average Bonchev–Trinajstić information content (AvgIpc) is 3.06. The second kappa shape index (κ2) is 5.04. The van der Waals surface area contributed by atoms with Gasteiger partial charge in [0.2, 0.25) is 0 Å². The minimum Gasteiger partial charge on any atom is -0.491 e. The summed E-state index contributed by atoms with van der Waals surface area (Å²) in [7, 11) is 0. The van der Waals surface area contributed by atoms with Gasteiger partial charge >= 0.3 is 6.18 Å². The van der Waals surface area contributed by atoms with E-state index in [1.54, 1.807) is 24.3 Å². The van der Waals surface area contributed by atoms with E-state index in [2.05, 4.69) is 5.32 Å². The molecule has 0 aromatic heterocycles. The summed E-state index contributed by atoms with van der Waals surface area (Å²) in [5.41, 5.74) is -0.865. The summed E-state index contributed by atoms with van der Waals surface area (Å²) in [6.07, 6.45) is -3.79. The quantitative estimate of drug-likeness (QED) is 0.884. The van der Waals surface area contributed by atoms with Crippen LogP contribution in [0.2, 0.25) is 0 Å². The van der Waals surface area contributed by atoms with Crippen LogP contribution in [0, 0.1) is 0 Å². The van der Waals surface area contributed by atoms with Gasteiger partial charge in [0.25, 0.3) is 0 Å². The normalized spacial score (nSPS) is 17.6. The Morgan fingerprint density at radius 3 is 2.53 bits per heavy atom. The number of halogens is 3. The van der Waals surface area contributed by atoms with Gasteiger partial charge < -0.3 is 4.74 Å². The number of hydrogen-bond acceptors (Lipinski definition) is 2. The number of ether oxygens (including phenoxy) is 1. The van der Waals surface area contributed by atoms with E-state index in [-0.39, 0.29) is 25.5 Å². The molecular weight excluding hydrogens is 255 g/mol. The molecule has 106 valence electrons. The Morgan fingerprint density at radius 1 is 1.32 bits per heavy atom. The zero-order chi connectivity index (χ0) is 14.1. The van der Waals surface area contributed by atoms with E-state index < -0.39 is 11.7 Å². The van der Waals surface area contributed by atoms with Crippen molar-refractivity contribution in [2.24, 2.45) is 0 Å². The molecule has 2 nitrogen and oxygen atoms in total. The Bertz CT molecular complexity index is 439. The Balaban J connectivity index is 1.97. The monoisotopic (exact) mass is 273 g/mol. The fourth-order valence-corrected chi connectivity index (χ4v) is 1.96. The summed E-state index contributed by atoms with van der Waals surface area (Å²) in [5, 5.41) is 2.63. The maximum atomic E-state index is 12.8. The molecule has 0 aliphatic heterocycles. The standard InChI is InChI=1S/C14H18F3NO/c1-10(2)19-12-5-3-4-11(8-12)9-18-13(6-7-13)14(15,16)17/h3-5,8,10,18H,6-7,9H2,1-2H3. The Kier molecular flexibility index (Phi) is 3.76. The zero-order valence-corrected chi connectivity index (χ0v) is 11.1. The molecule has 1 N–H and O–H groups in total. The predicted octanol–water partition coefficient (Wildman–Crippen LogP) is 3.66. The molecule has 0 atom stereocenters. The molecule has 5 heteroatoms. The van der Waals surface area contributed by atoms with Gasteiger partial charge in [-0.3, -0.25) is 5.32 Å². The molecule has 1 aromatic carbocycles. The summed E-state index contributed by atoms with van der Waals surface area (Å²) in [5.74, 6) is 0.686. The maximum Gasteiger partial charge on any atom is 0.406 e. The van der Waals surface area contributed by atoms with Gasteiger partial charge in [-0.1, -0.05) is 12.1 Å². The van der Waals surface area contributed by atoms with E-state index >= 15 is 0 Å². The van der Waals surface area contributed by atoms with Crippen molar-refractivity contribution in [3.63, 3.8) is 0 Å². The van der Waals surface area contributed by atoms with Crippen LogP contribution in [0.15, 0.2) is 24.3 Å². The second-order valence-electron chi connectivity index (χ2n) is 5.25. The van der Waals surface area contributed by atoms with Crippen molar-refractivity contribution >= 4 is 0 Å². The van der Waals surface area contributed by atoms with Crippen LogP contribution in [0.5, 0.6) is 5.75 Å². The molecule has 0 saturated heterocycles. The van der Waals surface area contributed by atoms with E-state index in [4.69, 9.17) is 4.74 Å². The summed E-state index contributed by atoms with van der Waals surface area (Å²) in [4.78, 5) is 0. The molecule has 0 radical (unpaired) electrons. The number of nitrogens with one attached hydrogen (secondary N) is 1. The summed E-state index contributed by atoms with van der Waals surface area (Å²) in [6, 6.07) is 7.17. The largest absolute Gasteiger partial charge is 0.491 e. The Morgan fingerprint density at radius 2 is 2.00 bits per heavy atom. The highest BCUT2D eigenvalue weighted by Gasteiger charge is 2.62. The summed E-state index contributed by atoms with van der Waals surface area (Å²) >= 11 is 0. The fourth-order valence-electron chi connectivity index (χ4n) is 1.96. The topological polar surface area (TPSA) is 21.3 Å². The Hall–Kier alpha value is -1.23. The lowest BCUT2D eigenvalue weighted by atomic mass is 10.2. The third kappa shape index (κ3) is 3.41. The lowest BCUT2D eigenvalue weighted by molar-refractivity contribution is -0.166. The number of benzene rings is 1. The van der Waals surface area contributed by atoms with Gasteiger partial charge in [-0.25, -0.2) is 0 Å². The molecule has 1 aliphatic rings. The van der Waals surface area contributed by atoms with Crippen LogP contribution < -0.4 is 10.1 Å². The highest BCUT2D eigenvalue weighted by Crippen LogP contribution is 2.49. The third-order valence-electron chi connectivity index (χ3n) is 3.19. The van der Waals surface area contributed by atoms with Gasteiger partial charge in [0, 0.05) is 6.54 Å². The molecule has 1 saturated carbocycles. The van der Waals surface area contributed by atoms with Crippen molar-refractivity contribution in [1.29, 1.82) is 0 Å². The molecule has 0 spiro atoms. The lowest BCUT2D eigenvalue weighted by Gasteiger charge is -2.21. The minimum atomic E-state index is -4.17. The SMILES string of the molecule is CC(C)Oc1cccc(CNC2(C(F)(F)F)CC2)c1. The van der Waals surface area contributed by atoms with E-state index in [9.17, 15) is 13.2 Å². The van der Waals surface area contributed by atoms with Crippen molar-refractivity contribution in [2.45, 2.75) is 51.1 Å². The lowest BCUT2D eigenvalue weighted by Crippen LogP contribution is -2.44. The van der Waals surface area contributed by atoms with Crippen LogP contribution in [0.3, 0.4) is 0 Å². The summed E-state index contributed by atoms with van der Waals surface area (Å²) in [6.45, 7) is 4.02. The van der Waals surface area contributed by atoms with E-state index in [1.807, 2.05) is 13.8 Å². The molecule has 0 heterocycles. The molecule has 1 fully saturated rings.